The van der Waals surface area contributed by atoms with Crippen molar-refractivity contribution in [1.29, 1.82) is 0 Å². The van der Waals surface area contributed by atoms with E-state index in [1.54, 1.807) is 19.1 Å². The molecule has 0 aliphatic carbocycles. The molecule has 246 valence electrons. The van der Waals surface area contributed by atoms with Crippen LogP contribution in [0.1, 0.15) is 36.3 Å². The number of benzene rings is 3. The molecule has 0 saturated carbocycles. The van der Waals surface area contributed by atoms with Gasteiger partial charge in [-0.3, -0.25) is 4.79 Å². The quantitative estimate of drug-likeness (QED) is 0.221. The summed E-state index contributed by atoms with van der Waals surface area (Å²) in [6.45, 7) is 3.05. The summed E-state index contributed by atoms with van der Waals surface area (Å²) in [5.74, 6) is 2.72. The van der Waals surface area contributed by atoms with Crippen molar-refractivity contribution in [2.75, 3.05) is 65.2 Å². The maximum absolute atomic E-state index is 12.6. The molecule has 46 heavy (non-hydrogen) atoms. The van der Waals surface area contributed by atoms with Crippen LogP contribution in [0.3, 0.4) is 0 Å². The molecule has 2 aliphatic heterocycles. The van der Waals surface area contributed by atoms with Crippen LogP contribution in [0.25, 0.3) is 0 Å². The summed E-state index contributed by atoms with van der Waals surface area (Å²) in [7, 11) is 3.26. The van der Waals surface area contributed by atoms with E-state index in [2.05, 4.69) is 0 Å². The molecule has 0 bridgehead atoms. The Morgan fingerprint density at radius 1 is 0.957 bits per heavy atom. The van der Waals surface area contributed by atoms with Gasteiger partial charge in [0.15, 0.2) is 18.1 Å². The summed E-state index contributed by atoms with van der Waals surface area (Å²) in [5.41, 5.74) is 2.65. The van der Waals surface area contributed by atoms with E-state index < -0.39 is 6.09 Å². The molecule has 0 spiro atoms. The number of ether oxygens (including phenoxy) is 6. The number of carbonyl (C=O) groups is 2. The third kappa shape index (κ3) is 8.41. The Morgan fingerprint density at radius 3 is 2.50 bits per heavy atom. The van der Waals surface area contributed by atoms with Gasteiger partial charge in [-0.25, -0.2) is 4.79 Å². The summed E-state index contributed by atoms with van der Waals surface area (Å²) in [5, 5.41) is 9.70. The number of hydrogen-bond acceptors (Lipinski definition) is 8. The van der Waals surface area contributed by atoms with Crippen molar-refractivity contribution in [3.63, 3.8) is 0 Å². The average molecular weight is 635 g/mol. The first kappa shape index (κ1) is 32.9. The van der Waals surface area contributed by atoms with Crippen LogP contribution >= 0.6 is 0 Å². The first-order valence-corrected chi connectivity index (χ1v) is 15.6. The molecule has 3 aromatic carbocycles. The number of para-hydroxylation sites is 2. The zero-order valence-electron chi connectivity index (χ0n) is 26.4. The van der Waals surface area contributed by atoms with Gasteiger partial charge in [-0.05, 0) is 60.4 Å². The van der Waals surface area contributed by atoms with Crippen LogP contribution in [-0.2, 0) is 20.9 Å². The summed E-state index contributed by atoms with van der Waals surface area (Å²) >= 11 is 0. The number of methoxy groups -OCH3 is 2. The normalized spacial score (nSPS) is 17.7. The molecule has 2 atom stereocenters. The number of amides is 2. The number of carboxylic acid groups (broad SMARTS) is 1. The molecule has 0 aromatic heterocycles. The van der Waals surface area contributed by atoms with Gasteiger partial charge in [-0.15, -0.1) is 0 Å². The maximum Gasteiger partial charge on any atom is 0.407 e. The lowest BCUT2D eigenvalue weighted by molar-refractivity contribution is -0.121. The molecule has 2 aliphatic rings. The molecule has 2 heterocycles. The summed E-state index contributed by atoms with van der Waals surface area (Å²) in [4.78, 5) is 27.6. The molecule has 5 rings (SSSR count). The third-order valence-corrected chi connectivity index (χ3v) is 8.18. The van der Waals surface area contributed by atoms with Gasteiger partial charge >= 0.3 is 6.09 Å². The van der Waals surface area contributed by atoms with Crippen LogP contribution in [0.15, 0.2) is 66.7 Å². The standard InChI is InChI=1S/C35H42N2O9/c1-41-18-5-16-37-29-21-25(9-14-30(29)46-24-34(37)38)23-45-33-22-36(35(39)40)17-15-28(33)26-10-12-27(13-11-26)43-19-6-20-44-32-8-4-3-7-31(32)42-2/h3-4,7-14,21,28,33H,5-6,15-20,22-24H2,1-2H3,(H,39,40). The minimum absolute atomic E-state index is 0.00647. The van der Waals surface area contributed by atoms with Crippen LogP contribution in [0.2, 0.25) is 0 Å². The number of carbonyl (C=O) groups excluding carboxylic acids is 1. The second-order valence-electron chi connectivity index (χ2n) is 11.2. The van der Waals surface area contributed by atoms with Gasteiger partial charge < -0.3 is 43.3 Å². The summed E-state index contributed by atoms with van der Waals surface area (Å²) < 4.78 is 34.3. The van der Waals surface area contributed by atoms with E-state index >= 15 is 0 Å². The highest BCUT2D eigenvalue weighted by atomic mass is 16.5. The van der Waals surface area contributed by atoms with Gasteiger partial charge in [0.05, 0.1) is 45.3 Å². The van der Waals surface area contributed by atoms with Crippen molar-refractivity contribution in [2.45, 2.75) is 37.9 Å². The van der Waals surface area contributed by atoms with Crippen molar-refractivity contribution in [3.05, 3.63) is 77.9 Å². The number of nitrogens with zero attached hydrogens (tertiary/aromatic N) is 2. The lowest BCUT2D eigenvalue weighted by Crippen LogP contribution is -2.46. The predicted molar refractivity (Wildman–Crippen MR) is 171 cm³/mol. The zero-order chi connectivity index (χ0) is 32.3. The fourth-order valence-corrected chi connectivity index (χ4v) is 5.77. The Balaban J connectivity index is 1.18. The molecular weight excluding hydrogens is 592 g/mol. The highest BCUT2D eigenvalue weighted by molar-refractivity contribution is 5.97. The lowest BCUT2D eigenvalue weighted by Gasteiger charge is -2.37. The van der Waals surface area contributed by atoms with E-state index in [9.17, 15) is 14.7 Å². The summed E-state index contributed by atoms with van der Waals surface area (Å²) in [6, 6.07) is 21.2. The highest BCUT2D eigenvalue weighted by Gasteiger charge is 2.33. The van der Waals surface area contributed by atoms with Crippen LogP contribution < -0.4 is 23.8 Å². The Labute approximate surface area is 269 Å². The molecule has 11 nitrogen and oxygen atoms in total. The molecule has 1 fully saturated rings. The van der Waals surface area contributed by atoms with Gasteiger partial charge in [-0.2, -0.15) is 0 Å². The monoisotopic (exact) mass is 634 g/mol. The molecule has 2 unspecified atom stereocenters. The van der Waals surface area contributed by atoms with Crippen molar-refractivity contribution in [3.8, 4) is 23.0 Å². The number of rotatable bonds is 15. The molecule has 1 N–H and O–H groups in total. The molecule has 1 saturated heterocycles. The Hall–Kier alpha value is -4.48. The van der Waals surface area contributed by atoms with Crippen molar-refractivity contribution in [2.24, 2.45) is 0 Å². The molecule has 2 amide bonds. The minimum atomic E-state index is -0.957. The number of fused-ring (bicyclic) bond motifs is 1. The molecule has 0 radical (unpaired) electrons. The van der Waals surface area contributed by atoms with Gasteiger partial charge in [0.1, 0.15) is 11.5 Å². The Kier molecular flexibility index (Phi) is 11.6. The smallest absolute Gasteiger partial charge is 0.407 e. The first-order chi connectivity index (χ1) is 22.5. The number of hydrogen-bond donors (Lipinski definition) is 1. The highest BCUT2D eigenvalue weighted by Crippen LogP contribution is 2.35. The second kappa shape index (κ2) is 16.2. The Morgan fingerprint density at radius 2 is 1.74 bits per heavy atom. The summed E-state index contributed by atoms with van der Waals surface area (Å²) in [6.07, 6.45) is 0.741. The van der Waals surface area contributed by atoms with E-state index in [1.165, 1.54) is 4.90 Å². The third-order valence-electron chi connectivity index (χ3n) is 8.18. The van der Waals surface area contributed by atoms with E-state index in [-0.39, 0.29) is 37.7 Å². The van der Waals surface area contributed by atoms with Gasteiger partial charge in [0.2, 0.25) is 0 Å². The largest absolute Gasteiger partial charge is 0.493 e. The average Bonchev–Trinajstić information content (AvgIpc) is 3.08. The zero-order valence-corrected chi connectivity index (χ0v) is 26.4. The Bertz CT molecular complexity index is 1450. The molecular formula is C35H42N2O9. The van der Waals surface area contributed by atoms with E-state index in [1.807, 2.05) is 66.7 Å². The SMILES string of the molecule is COCCCN1C(=O)COc2ccc(COC3CN(C(=O)O)CCC3c3ccc(OCCCOc4ccccc4OC)cc3)cc21. The fraction of sp³-hybridized carbons (Fsp3) is 0.429. The van der Waals surface area contributed by atoms with E-state index in [0.29, 0.717) is 75.1 Å². The van der Waals surface area contributed by atoms with Crippen LogP contribution in [-0.4, -0.2) is 88.4 Å². The minimum Gasteiger partial charge on any atom is -0.493 e. The van der Waals surface area contributed by atoms with Crippen LogP contribution in [0.4, 0.5) is 10.5 Å². The van der Waals surface area contributed by atoms with Crippen molar-refractivity contribution in [1.82, 2.24) is 4.90 Å². The van der Waals surface area contributed by atoms with Gasteiger partial charge in [0, 0.05) is 39.1 Å². The van der Waals surface area contributed by atoms with E-state index in [0.717, 1.165) is 16.9 Å². The fourth-order valence-electron chi connectivity index (χ4n) is 5.77. The van der Waals surface area contributed by atoms with Gasteiger partial charge in [0.25, 0.3) is 5.91 Å². The maximum atomic E-state index is 12.6. The van der Waals surface area contributed by atoms with Crippen molar-refractivity contribution >= 4 is 17.7 Å². The lowest BCUT2D eigenvalue weighted by atomic mass is 9.87. The first-order valence-electron chi connectivity index (χ1n) is 15.6. The number of piperidine rings is 1. The second-order valence-corrected chi connectivity index (χ2v) is 11.2. The number of anilines is 1. The molecule has 3 aromatic rings. The number of likely N-dealkylation sites (tertiary alicyclic amines) is 1. The van der Waals surface area contributed by atoms with Crippen molar-refractivity contribution < 1.29 is 43.1 Å². The van der Waals surface area contributed by atoms with E-state index in [4.69, 9.17) is 28.4 Å². The molecule has 11 heteroatoms. The topological polar surface area (TPSA) is 116 Å². The van der Waals surface area contributed by atoms with Crippen LogP contribution in [0.5, 0.6) is 23.0 Å². The predicted octanol–water partition coefficient (Wildman–Crippen LogP) is 5.36. The van der Waals surface area contributed by atoms with Gasteiger partial charge in [-0.1, -0.05) is 30.3 Å². The van der Waals surface area contributed by atoms with Crippen LogP contribution in [0, 0.1) is 0 Å².